The third kappa shape index (κ3) is 3.64. The highest BCUT2D eigenvalue weighted by atomic mass is 16.2. The molecule has 1 aliphatic heterocycles. The number of rotatable bonds is 3. The number of likely N-dealkylation sites (tertiary alicyclic amines) is 1. The van der Waals surface area contributed by atoms with Gasteiger partial charge in [0, 0.05) is 25.7 Å². The van der Waals surface area contributed by atoms with Crippen molar-refractivity contribution in [3.8, 4) is 0 Å². The van der Waals surface area contributed by atoms with Gasteiger partial charge in [0.05, 0.1) is 5.54 Å². The van der Waals surface area contributed by atoms with Crippen LogP contribution < -0.4 is 16.4 Å². The molecular formula is C11H24N4O. The van der Waals surface area contributed by atoms with Crippen molar-refractivity contribution >= 4 is 6.03 Å². The first kappa shape index (κ1) is 13.3. The lowest BCUT2D eigenvalue weighted by Crippen LogP contribution is -2.61. The quantitative estimate of drug-likeness (QED) is 0.642. The van der Waals surface area contributed by atoms with Gasteiger partial charge in [-0.25, -0.2) is 4.79 Å². The molecule has 0 aliphatic carbocycles. The Kier molecular flexibility index (Phi) is 4.56. The van der Waals surface area contributed by atoms with E-state index in [0.717, 1.165) is 25.9 Å². The van der Waals surface area contributed by atoms with Gasteiger partial charge >= 0.3 is 6.03 Å². The Balaban J connectivity index is 2.50. The van der Waals surface area contributed by atoms with Crippen molar-refractivity contribution in [2.24, 2.45) is 5.73 Å². The molecule has 0 bridgehead atoms. The van der Waals surface area contributed by atoms with Crippen LogP contribution >= 0.6 is 0 Å². The Morgan fingerprint density at radius 2 is 2.00 bits per heavy atom. The van der Waals surface area contributed by atoms with Crippen molar-refractivity contribution in [2.45, 2.75) is 38.3 Å². The monoisotopic (exact) mass is 228 g/mol. The predicted octanol–water partition coefficient (Wildman–Crippen LogP) is 0.117. The maximum absolute atomic E-state index is 11.7. The fourth-order valence-corrected chi connectivity index (χ4v) is 1.97. The first-order valence-electron chi connectivity index (χ1n) is 5.95. The number of hydrogen-bond acceptors (Lipinski definition) is 3. The molecule has 0 radical (unpaired) electrons. The van der Waals surface area contributed by atoms with Gasteiger partial charge in [0.15, 0.2) is 0 Å². The Labute approximate surface area is 97.7 Å². The van der Waals surface area contributed by atoms with Crippen LogP contribution in [-0.2, 0) is 0 Å². The molecule has 5 heteroatoms. The van der Waals surface area contributed by atoms with Gasteiger partial charge < -0.3 is 21.3 Å². The highest BCUT2D eigenvalue weighted by molar-refractivity contribution is 5.75. The highest BCUT2D eigenvalue weighted by Gasteiger charge is 2.33. The van der Waals surface area contributed by atoms with E-state index in [1.165, 1.54) is 0 Å². The van der Waals surface area contributed by atoms with E-state index in [2.05, 4.69) is 22.6 Å². The van der Waals surface area contributed by atoms with E-state index in [9.17, 15) is 4.79 Å². The van der Waals surface area contributed by atoms with Gasteiger partial charge in [0.1, 0.15) is 0 Å². The maximum atomic E-state index is 11.7. The molecule has 0 aromatic heterocycles. The SMILES string of the molecule is CC(C)NC(=O)NC1(CN)CCN(C)CC1. The highest BCUT2D eigenvalue weighted by Crippen LogP contribution is 2.20. The fraction of sp³-hybridized carbons (Fsp3) is 0.909. The van der Waals surface area contributed by atoms with Crippen LogP contribution in [0.25, 0.3) is 0 Å². The molecule has 1 heterocycles. The van der Waals surface area contributed by atoms with Crippen molar-refractivity contribution in [1.82, 2.24) is 15.5 Å². The topological polar surface area (TPSA) is 70.4 Å². The van der Waals surface area contributed by atoms with Crippen LogP contribution in [0.3, 0.4) is 0 Å². The Bertz CT molecular complexity index is 234. The lowest BCUT2D eigenvalue weighted by atomic mass is 9.88. The van der Waals surface area contributed by atoms with Gasteiger partial charge in [0.25, 0.3) is 0 Å². The van der Waals surface area contributed by atoms with Gasteiger partial charge in [-0.1, -0.05) is 0 Å². The van der Waals surface area contributed by atoms with Gasteiger partial charge in [-0.05, 0) is 33.7 Å². The number of nitrogens with zero attached hydrogens (tertiary/aromatic N) is 1. The predicted molar refractivity (Wildman–Crippen MR) is 65.3 cm³/mol. The lowest BCUT2D eigenvalue weighted by Gasteiger charge is -2.40. The summed E-state index contributed by atoms with van der Waals surface area (Å²) in [6.45, 7) is 6.37. The van der Waals surface area contributed by atoms with Gasteiger partial charge in [-0.3, -0.25) is 0 Å². The fourth-order valence-electron chi connectivity index (χ4n) is 1.97. The third-order valence-electron chi connectivity index (χ3n) is 3.13. The minimum absolute atomic E-state index is 0.106. The van der Waals surface area contributed by atoms with Crippen molar-refractivity contribution in [1.29, 1.82) is 0 Å². The van der Waals surface area contributed by atoms with Crippen molar-refractivity contribution in [2.75, 3.05) is 26.7 Å². The summed E-state index contributed by atoms with van der Waals surface area (Å²) in [6, 6.07) is 0.0473. The molecule has 0 aromatic carbocycles. The summed E-state index contributed by atoms with van der Waals surface area (Å²) in [7, 11) is 2.09. The molecular weight excluding hydrogens is 204 g/mol. The van der Waals surface area contributed by atoms with E-state index in [1.54, 1.807) is 0 Å². The Morgan fingerprint density at radius 3 is 2.44 bits per heavy atom. The lowest BCUT2D eigenvalue weighted by molar-refractivity contribution is 0.160. The molecule has 0 unspecified atom stereocenters. The summed E-state index contributed by atoms with van der Waals surface area (Å²) < 4.78 is 0. The van der Waals surface area contributed by atoms with Crippen LogP contribution in [-0.4, -0.2) is 49.2 Å². The second-order valence-corrected chi connectivity index (χ2v) is 5.04. The molecule has 0 saturated carbocycles. The van der Waals surface area contributed by atoms with E-state index in [-0.39, 0.29) is 17.6 Å². The largest absolute Gasteiger partial charge is 0.336 e. The number of hydrogen-bond donors (Lipinski definition) is 3. The number of urea groups is 1. The second-order valence-electron chi connectivity index (χ2n) is 5.04. The van der Waals surface area contributed by atoms with Crippen LogP contribution in [0.1, 0.15) is 26.7 Å². The van der Waals surface area contributed by atoms with Crippen LogP contribution in [0.15, 0.2) is 0 Å². The molecule has 2 amide bonds. The average molecular weight is 228 g/mol. The van der Waals surface area contributed by atoms with E-state index in [1.807, 2.05) is 13.8 Å². The summed E-state index contributed by atoms with van der Waals surface area (Å²) in [4.78, 5) is 13.9. The summed E-state index contributed by atoms with van der Waals surface area (Å²) in [5, 5.41) is 5.87. The summed E-state index contributed by atoms with van der Waals surface area (Å²) in [6.07, 6.45) is 1.84. The molecule has 0 aromatic rings. The molecule has 4 N–H and O–H groups in total. The van der Waals surface area contributed by atoms with Gasteiger partial charge in [-0.2, -0.15) is 0 Å². The molecule has 0 spiro atoms. The first-order chi connectivity index (χ1) is 7.47. The molecule has 94 valence electrons. The maximum Gasteiger partial charge on any atom is 0.315 e. The standard InChI is InChI=1S/C11H24N4O/c1-9(2)13-10(16)14-11(8-12)4-6-15(3)7-5-11/h9H,4-8,12H2,1-3H3,(H2,13,14,16). The number of carbonyl (C=O) groups excluding carboxylic acids is 1. The summed E-state index contributed by atoms with van der Waals surface area (Å²) in [5.41, 5.74) is 5.58. The van der Waals surface area contributed by atoms with Gasteiger partial charge in [0.2, 0.25) is 0 Å². The normalized spacial score (nSPS) is 20.8. The Morgan fingerprint density at radius 1 is 1.44 bits per heavy atom. The second kappa shape index (κ2) is 5.50. The van der Waals surface area contributed by atoms with Crippen molar-refractivity contribution in [3.05, 3.63) is 0 Å². The van der Waals surface area contributed by atoms with E-state index < -0.39 is 0 Å². The van der Waals surface area contributed by atoms with Gasteiger partial charge in [-0.15, -0.1) is 0 Å². The zero-order valence-electron chi connectivity index (χ0n) is 10.5. The number of amides is 2. The minimum atomic E-state index is -0.217. The number of nitrogens with two attached hydrogens (primary N) is 1. The van der Waals surface area contributed by atoms with Crippen LogP contribution in [0.5, 0.6) is 0 Å². The smallest absolute Gasteiger partial charge is 0.315 e. The van der Waals surface area contributed by atoms with Crippen molar-refractivity contribution in [3.63, 3.8) is 0 Å². The van der Waals surface area contributed by atoms with Crippen molar-refractivity contribution < 1.29 is 4.79 Å². The van der Waals surface area contributed by atoms with Crippen LogP contribution in [0.2, 0.25) is 0 Å². The number of nitrogens with one attached hydrogen (secondary N) is 2. The van der Waals surface area contributed by atoms with E-state index in [0.29, 0.717) is 6.54 Å². The zero-order chi connectivity index (χ0) is 12.2. The molecule has 5 nitrogen and oxygen atoms in total. The molecule has 1 saturated heterocycles. The van der Waals surface area contributed by atoms with E-state index >= 15 is 0 Å². The molecule has 1 aliphatic rings. The third-order valence-corrected chi connectivity index (χ3v) is 3.13. The summed E-state index contributed by atoms with van der Waals surface area (Å²) in [5.74, 6) is 0. The zero-order valence-corrected chi connectivity index (χ0v) is 10.5. The number of carbonyl (C=O) groups is 1. The number of piperidine rings is 1. The van der Waals surface area contributed by atoms with Crippen LogP contribution in [0, 0.1) is 0 Å². The molecule has 16 heavy (non-hydrogen) atoms. The minimum Gasteiger partial charge on any atom is -0.336 e. The first-order valence-corrected chi connectivity index (χ1v) is 5.95. The molecule has 0 atom stereocenters. The van der Waals surface area contributed by atoms with Crippen LogP contribution in [0.4, 0.5) is 4.79 Å². The Hall–Kier alpha value is -0.810. The summed E-state index contributed by atoms with van der Waals surface area (Å²) >= 11 is 0. The van der Waals surface area contributed by atoms with E-state index in [4.69, 9.17) is 5.73 Å². The molecule has 1 rings (SSSR count). The average Bonchev–Trinajstić information content (AvgIpc) is 2.21. The molecule has 1 fully saturated rings.